The monoisotopic (exact) mass is 228 g/mol. The minimum absolute atomic E-state index is 0.611. The van der Waals surface area contributed by atoms with Gasteiger partial charge in [-0.25, -0.2) is 0 Å². The average molecular weight is 228 g/mol. The quantitative estimate of drug-likeness (QED) is 0.509. The first-order valence-electron chi connectivity index (χ1n) is 5.93. The lowest BCUT2D eigenvalue weighted by atomic mass is 10.2. The number of ether oxygens (including phenoxy) is 1. The van der Waals surface area contributed by atoms with Crippen LogP contribution >= 0.6 is 0 Å². The van der Waals surface area contributed by atoms with Crippen molar-refractivity contribution >= 4 is 5.96 Å². The van der Waals surface area contributed by atoms with Crippen molar-refractivity contribution in [2.24, 2.45) is 4.99 Å². The van der Waals surface area contributed by atoms with E-state index in [1.54, 1.807) is 14.2 Å². The molecule has 0 saturated carbocycles. The maximum atomic E-state index is 5.12. The van der Waals surface area contributed by atoms with Gasteiger partial charge >= 0.3 is 0 Å². The Morgan fingerprint density at radius 2 is 2.38 bits per heavy atom. The number of nitrogens with zero attached hydrogens (tertiary/aromatic N) is 2. The lowest BCUT2D eigenvalue weighted by Gasteiger charge is -2.24. The van der Waals surface area contributed by atoms with Crippen LogP contribution < -0.4 is 10.6 Å². The summed E-state index contributed by atoms with van der Waals surface area (Å²) in [5.74, 6) is 0.860. The highest BCUT2D eigenvalue weighted by Crippen LogP contribution is 2.15. The lowest BCUT2D eigenvalue weighted by Crippen LogP contribution is -2.44. The molecule has 1 fully saturated rings. The van der Waals surface area contributed by atoms with E-state index in [9.17, 15) is 0 Å². The van der Waals surface area contributed by atoms with Crippen LogP contribution in [0.2, 0.25) is 0 Å². The van der Waals surface area contributed by atoms with Crippen LogP contribution in [0.15, 0.2) is 4.99 Å². The van der Waals surface area contributed by atoms with E-state index < -0.39 is 0 Å². The van der Waals surface area contributed by atoms with E-state index in [1.807, 2.05) is 7.05 Å². The van der Waals surface area contributed by atoms with Gasteiger partial charge in [0.15, 0.2) is 5.96 Å². The largest absolute Gasteiger partial charge is 0.383 e. The smallest absolute Gasteiger partial charge is 0.190 e. The first kappa shape index (κ1) is 13.3. The molecule has 5 nitrogen and oxygen atoms in total. The number of likely N-dealkylation sites (tertiary alicyclic amines) is 1. The number of nitrogens with one attached hydrogen (secondary N) is 2. The standard InChI is InChI=1S/C11H24N4O/c1-12-11(13-2)14-9-10-5-4-6-15(10)7-8-16-3/h10H,4-9H2,1-3H3,(H2,12,13,14)/t10-/m1/s1. The molecular weight excluding hydrogens is 204 g/mol. The number of guanidine groups is 1. The fourth-order valence-electron chi connectivity index (χ4n) is 2.12. The third-order valence-corrected chi connectivity index (χ3v) is 3.05. The highest BCUT2D eigenvalue weighted by Gasteiger charge is 2.23. The Morgan fingerprint density at radius 1 is 1.56 bits per heavy atom. The second kappa shape index (κ2) is 7.46. The van der Waals surface area contributed by atoms with Crippen LogP contribution in [0.3, 0.4) is 0 Å². The van der Waals surface area contributed by atoms with E-state index in [0.29, 0.717) is 6.04 Å². The number of hydrogen-bond donors (Lipinski definition) is 2. The van der Waals surface area contributed by atoms with Gasteiger partial charge in [0.1, 0.15) is 0 Å². The highest BCUT2D eigenvalue weighted by molar-refractivity contribution is 5.79. The Bertz CT molecular complexity index is 220. The predicted octanol–water partition coefficient (Wildman–Crippen LogP) is -0.108. The molecule has 16 heavy (non-hydrogen) atoms. The first-order valence-corrected chi connectivity index (χ1v) is 5.93. The van der Waals surface area contributed by atoms with E-state index in [4.69, 9.17) is 4.74 Å². The third kappa shape index (κ3) is 3.98. The van der Waals surface area contributed by atoms with Gasteiger partial charge in [0.2, 0.25) is 0 Å². The van der Waals surface area contributed by atoms with E-state index in [0.717, 1.165) is 25.7 Å². The van der Waals surface area contributed by atoms with E-state index in [2.05, 4.69) is 20.5 Å². The molecule has 0 unspecified atom stereocenters. The van der Waals surface area contributed by atoms with E-state index >= 15 is 0 Å². The SMILES string of the molecule is CN=C(NC)NC[C@H]1CCCN1CCOC. The molecule has 94 valence electrons. The van der Waals surface area contributed by atoms with Gasteiger partial charge in [-0.05, 0) is 19.4 Å². The fraction of sp³-hybridized carbons (Fsp3) is 0.909. The van der Waals surface area contributed by atoms with Crippen LogP contribution in [0.1, 0.15) is 12.8 Å². The van der Waals surface area contributed by atoms with Crippen LogP contribution in [0.25, 0.3) is 0 Å². The summed E-state index contributed by atoms with van der Waals surface area (Å²) in [7, 11) is 5.43. The fourth-order valence-corrected chi connectivity index (χ4v) is 2.12. The van der Waals surface area contributed by atoms with Crippen LogP contribution in [0.4, 0.5) is 0 Å². The molecule has 0 spiro atoms. The normalized spacial score (nSPS) is 22.4. The van der Waals surface area contributed by atoms with Gasteiger partial charge in [-0.15, -0.1) is 0 Å². The summed E-state index contributed by atoms with van der Waals surface area (Å²) in [5, 5.41) is 6.35. The second-order valence-electron chi connectivity index (χ2n) is 4.03. The summed E-state index contributed by atoms with van der Waals surface area (Å²) in [6.45, 7) is 3.99. The molecule has 1 rings (SSSR count). The van der Waals surface area contributed by atoms with Gasteiger partial charge in [-0.2, -0.15) is 0 Å². The molecule has 2 N–H and O–H groups in total. The summed E-state index contributed by atoms with van der Waals surface area (Å²) in [6.07, 6.45) is 2.55. The van der Waals surface area contributed by atoms with Crippen LogP contribution in [-0.4, -0.2) is 64.3 Å². The second-order valence-corrected chi connectivity index (χ2v) is 4.03. The van der Waals surface area contributed by atoms with Crippen LogP contribution in [0.5, 0.6) is 0 Å². The molecule has 5 heteroatoms. The van der Waals surface area contributed by atoms with Crippen molar-refractivity contribution in [3.8, 4) is 0 Å². The summed E-state index contributed by atoms with van der Waals surface area (Å²) in [4.78, 5) is 6.59. The predicted molar refractivity (Wildman–Crippen MR) is 66.9 cm³/mol. The Morgan fingerprint density at radius 3 is 3.00 bits per heavy atom. The van der Waals surface area contributed by atoms with Gasteiger partial charge in [0.25, 0.3) is 0 Å². The van der Waals surface area contributed by atoms with Gasteiger partial charge < -0.3 is 15.4 Å². The van der Waals surface area contributed by atoms with Crippen molar-refractivity contribution in [1.82, 2.24) is 15.5 Å². The molecule has 1 atom stereocenters. The zero-order valence-electron chi connectivity index (χ0n) is 10.6. The Labute approximate surface area is 98.3 Å². The Hall–Kier alpha value is -0.810. The molecule has 0 aliphatic carbocycles. The summed E-state index contributed by atoms with van der Waals surface area (Å²) < 4.78 is 5.12. The van der Waals surface area contributed by atoms with Gasteiger partial charge in [0.05, 0.1) is 6.61 Å². The van der Waals surface area contributed by atoms with E-state index in [-0.39, 0.29) is 0 Å². The average Bonchev–Trinajstić information content (AvgIpc) is 2.75. The minimum atomic E-state index is 0.611. The molecule has 1 heterocycles. The van der Waals surface area contributed by atoms with Crippen LogP contribution in [0, 0.1) is 0 Å². The molecule has 1 saturated heterocycles. The van der Waals surface area contributed by atoms with Gasteiger partial charge in [-0.3, -0.25) is 9.89 Å². The van der Waals surface area contributed by atoms with Crippen molar-refractivity contribution < 1.29 is 4.74 Å². The Balaban J connectivity index is 2.29. The highest BCUT2D eigenvalue weighted by atomic mass is 16.5. The van der Waals surface area contributed by atoms with Gasteiger partial charge in [0, 0.05) is 40.3 Å². The van der Waals surface area contributed by atoms with Gasteiger partial charge in [-0.1, -0.05) is 0 Å². The number of rotatable bonds is 5. The van der Waals surface area contributed by atoms with E-state index in [1.165, 1.54) is 19.4 Å². The van der Waals surface area contributed by atoms with Crippen molar-refractivity contribution in [2.75, 3.05) is 47.4 Å². The number of aliphatic imine (C=N–C) groups is 1. The molecule has 1 aliphatic heterocycles. The topological polar surface area (TPSA) is 48.9 Å². The molecule has 1 aliphatic rings. The van der Waals surface area contributed by atoms with Crippen molar-refractivity contribution in [1.29, 1.82) is 0 Å². The minimum Gasteiger partial charge on any atom is -0.383 e. The van der Waals surface area contributed by atoms with Crippen molar-refractivity contribution in [2.45, 2.75) is 18.9 Å². The first-order chi connectivity index (χ1) is 7.81. The van der Waals surface area contributed by atoms with Crippen LogP contribution in [-0.2, 0) is 4.74 Å². The third-order valence-electron chi connectivity index (χ3n) is 3.05. The number of hydrogen-bond acceptors (Lipinski definition) is 3. The zero-order chi connectivity index (χ0) is 11.8. The molecule has 0 bridgehead atoms. The molecular formula is C11H24N4O. The molecule has 0 radical (unpaired) electrons. The lowest BCUT2D eigenvalue weighted by molar-refractivity contribution is 0.141. The Kier molecular flexibility index (Phi) is 6.18. The zero-order valence-corrected chi connectivity index (χ0v) is 10.6. The maximum Gasteiger partial charge on any atom is 0.190 e. The van der Waals surface area contributed by atoms with Crippen molar-refractivity contribution in [3.63, 3.8) is 0 Å². The summed E-state index contributed by atoms with van der Waals surface area (Å²) in [5.41, 5.74) is 0. The molecule has 0 aromatic heterocycles. The summed E-state index contributed by atoms with van der Waals surface area (Å²) >= 11 is 0. The maximum absolute atomic E-state index is 5.12. The molecule has 0 amide bonds. The molecule has 0 aromatic carbocycles. The van der Waals surface area contributed by atoms with Crippen molar-refractivity contribution in [3.05, 3.63) is 0 Å². The number of methoxy groups -OCH3 is 1. The molecule has 0 aromatic rings. The summed E-state index contributed by atoms with van der Waals surface area (Å²) in [6, 6.07) is 0.611.